The van der Waals surface area contributed by atoms with E-state index >= 15 is 0 Å². The van der Waals surface area contributed by atoms with Crippen LogP contribution in [-0.2, 0) is 0 Å². The van der Waals surface area contributed by atoms with Crippen molar-refractivity contribution in [2.75, 3.05) is 0 Å². The lowest BCUT2D eigenvalue weighted by Crippen LogP contribution is -2.26. The van der Waals surface area contributed by atoms with Crippen molar-refractivity contribution in [1.82, 2.24) is 0 Å². The van der Waals surface area contributed by atoms with Gasteiger partial charge in [0.25, 0.3) is 0 Å². The minimum Gasteiger partial charge on any atom is -0.490 e. The molecule has 0 heterocycles. The molecule has 0 spiro atoms. The summed E-state index contributed by atoms with van der Waals surface area (Å²) in [6, 6.07) is 6.18. The second kappa shape index (κ2) is 4.88. The highest BCUT2D eigenvalue weighted by atomic mass is 16.5. The van der Waals surface area contributed by atoms with Gasteiger partial charge in [0.1, 0.15) is 5.75 Å². The summed E-state index contributed by atoms with van der Waals surface area (Å²) in [5.74, 6) is 1.00. The Bertz CT molecular complexity index is 352. The third-order valence-corrected chi connectivity index (χ3v) is 3.49. The molecule has 1 fully saturated rings. The topological polar surface area (TPSA) is 29.5 Å². The minimum absolute atomic E-state index is 0.113. The lowest BCUT2D eigenvalue weighted by Gasteiger charge is -2.27. The maximum absolute atomic E-state index is 9.44. The monoisotopic (exact) mass is 220 g/mol. The molecule has 2 heteroatoms. The van der Waals surface area contributed by atoms with Crippen molar-refractivity contribution in [2.24, 2.45) is 0 Å². The first-order chi connectivity index (χ1) is 7.66. The average Bonchev–Trinajstić information content (AvgIpc) is 2.28. The van der Waals surface area contributed by atoms with Crippen LogP contribution in [0.25, 0.3) is 0 Å². The maximum Gasteiger partial charge on any atom is 0.122 e. The Kier molecular flexibility index (Phi) is 3.49. The van der Waals surface area contributed by atoms with Crippen molar-refractivity contribution in [1.29, 1.82) is 0 Å². The summed E-state index contributed by atoms with van der Waals surface area (Å²) < 4.78 is 6.00. The van der Waals surface area contributed by atoms with Gasteiger partial charge in [-0.05, 0) is 56.7 Å². The molecule has 1 N–H and O–H groups in total. The van der Waals surface area contributed by atoms with E-state index in [0.717, 1.165) is 31.4 Å². The Balaban J connectivity index is 2.01. The third kappa shape index (κ3) is 2.56. The van der Waals surface area contributed by atoms with Crippen LogP contribution in [0.15, 0.2) is 18.2 Å². The van der Waals surface area contributed by atoms with Crippen molar-refractivity contribution in [3.8, 4) is 5.75 Å². The zero-order chi connectivity index (χ0) is 11.5. The zero-order valence-electron chi connectivity index (χ0n) is 10.1. The molecule has 1 aliphatic rings. The highest BCUT2D eigenvalue weighted by Crippen LogP contribution is 2.27. The van der Waals surface area contributed by atoms with Crippen molar-refractivity contribution in [2.45, 2.75) is 51.7 Å². The lowest BCUT2D eigenvalue weighted by molar-refractivity contribution is 0.0662. The summed E-state index contributed by atoms with van der Waals surface area (Å²) in [6.07, 6.45) is 3.84. The molecule has 0 radical (unpaired) electrons. The van der Waals surface area contributed by atoms with E-state index in [-0.39, 0.29) is 12.2 Å². The van der Waals surface area contributed by atoms with Crippen molar-refractivity contribution in [3.63, 3.8) is 0 Å². The van der Waals surface area contributed by atoms with Gasteiger partial charge in [-0.3, -0.25) is 0 Å². The van der Waals surface area contributed by atoms with Gasteiger partial charge in [-0.15, -0.1) is 0 Å². The highest BCUT2D eigenvalue weighted by Gasteiger charge is 2.21. The van der Waals surface area contributed by atoms with E-state index in [2.05, 4.69) is 19.9 Å². The van der Waals surface area contributed by atoms with Gasteiger partial charge in [0.05, 0.1) is 12.2 Å². The molecule has 0 aromatic heterocycles. The lowest BCUT2D eigenvalue weighted by atomic mass is 9.95. The molecule has 0 saturated heterocycles. The van der Waals surface area contributed by atoms with Gasteiger partial charge in [0.15, 0.2) is 0 Å². The summed E-state index contributed by atoms with van der Waals surface area (Å²) in [4.78, 5) is 0. The molecule has 0 amide bonds. The molecule has 0 aliphatic heterocycles. The zero-order valence-corrected chi connectivity index (χ0v) is 10.1. The van der Waals surface area contributed by atoms with Gasteiger partial charge in [0, 0.05) is 0 Å². The normalized spacial score (nSPS) is 25.4. The van der Waals surface area contributed by atoms with Crippen LogP contribution in [-0.4, -0.2) is 17.3 Å². The number of aliphatic hydroxyl groups is 1. The Labute approximate surface area is 97.3 Å². The molecule has 1 aliphatic carbocycles. The van der Waals surface area contributed by atoms with E-state index in [0.29, 0.717) is 0 Å². The third-order valence-electron chi connectivity index (χ3n) is 3.49. The Morgan fingerprint density at radius 1 is 1.12 bits per heavy atom. The van der Waals surface area contributed by atoms with Crippen molar-refractivity contribution < 1.29 is 9.84 Å². The van der Waals surface area contributed by atoms with Crippen LogP contribution in [0.5, 0.6) is 5.75 Å². The first-order valence-electron chi connectivity index (χ1n) is 6.08. The van der Waals surface area contributed by atoms with E-state index in [9.17, 15) is 5.11 Å². The van der Waals surface area contributed by atoms with Gasteiger partial charge in [-0.25, -0.2) is 0 Å². The second-order valence-electron chi connectivity index (χ2n) is 4.75. The Hall–Kier alpha value is -1.02. The van der Waals surface area contributed by atoms with E-state index in [4.69, 9.17) is 4.74 Å². The number of rotatable bonds is 2. The SMILES string of the molecule is Cc1cccc(OC2CCC(O)CC2)c1C. The summed E-state index contributed by atoms with van der Waals surface area (Å²) in [5, 5.41) is 9.44. The Morgan fingerprint density at radius 2 is 1.81 bits per heavy atom. The molecule has 0 unspecified atom stereocenters. The summed E-state index contributed by atoms with van der Waals surface area (Å²) in [7, 11) is 0. The van der Waals surface area contributed by atoms with Crippen LogP contribution < -0.4 is 4.74 Å². The van der Waals surface area contributed by atoms with Gasteiger partial charge in [-0.1, -0.05) is 12.1 Å². The summed E-state index contributed by atoms with van der Waals surface area (Å²) in [6.45, 7) is 4.20. The fourth-order valence-electron chi connectivity index (χ4n) is 2.19. The molecule has 88 valence electrons. The molecule has 0 atom stereocenters. The molecule has 16 heavy (non-hydrogen) atoms. The van der Waals surface area contributed by atoms with Crippen LogP contribution in [0.1, 0.15) is 36.8 Å². The minimum atomic E-state index is -0.113. The van der Waals surface area contributed by atoms with Gasteiger partial charge >= 0.3 is 0 Å². The number of hydrogen-bond donors (Lipinski definition) is 1. The van der Waals surface area contributed by atoms with Gasteiger partial charge in [-0.2, -0.15) is 0 Å². The molecular formula is C14H20O2. The smallest absolute Gasteiger partial charge is 0.122 e. The number of hydrogen-bond acceptors (Lipinski definition) is 2. The van der Waals surface area contributed by atoms with E-state index < -0.39 is 0 Å². The molecular weight excluding hydrogens is 200 g/mol. The standard InChI is InChI=1S/C14H20O2/c1-10-4-3-5-14(11(10)2)16-13-8-6-12(15)7-9-13/h3-5,12-13,15H,6-9H2,1-2H3. The van der Waals surface area contributed by atoms with Gasteiger partial charge < -0.3 is 9.84 Å². The predicted octanol–water partition coefficient (Wildman–Crippen LogP) is 2.99. The Morgan fingerprint density at radius 3 is 2.50 bits per heavy atom. The van der Waals surface area contributed by atoms with Crippen LogP contribution in [0.3, 0.4) is 0 Å². The van der Waals surface area contributed by atoms with Crippen LogP contribution in [0.2, 0.25) is 0 Å². The van der Waals surface area contributed by atoms with E-state index in [1.54, 1.807) is 0 Å². The number of aliphatic hydroxyl groups excluding tert-OH is 1. The maximum atomic E-state index is 9.44. The molecule has 0 bridgehead atoms. The fraction of sp³-hybridized carbons (Fsp3) is 0.571. The molecule has 1 saturated carbocycles. The van der Waals surface area contributed by atoms with Crippen molar-refractivity contribution >= 4 is 0 Å². The van der Waals surface area contributed by atoms with Crippen molar-refractivity contribution in [3.05, 3.63) is 29.3 Å². The first kappa shape index (κ1) is 11.5. The summed E-state index contributed by atoms with van der Waals surface area (Å²) in [5.41, 5.74) is 2.50. The van der Waals surface area contributed by atoms with E-state index in [1.165, 1.54) is 11.1 Å². The summed E-state index contributed by atoms with van der Waals surface area (Å²) >= 11 is 0. The predicted molar refractivity (Wildman–Crippen MR) is 64.8 cm³/mol. The van der Waals surface area contributed by atoms with E-state index in [1.807, 2.05) is 12.1 Å². The molecule has 1 aromatic rings. The highest BCUT2D eigenvalue weighted by molar-refractivity contribution is 5.38. The second-order valence-corrected chi connectivity index (χ2v) is 4.75. The molecule has 1 aromatic carbocycles. The number of aryl methyl sites for hydroxylation is 1. The largest absolute Gasteiger partial charge is 0.490 e. The van der Waals surface area contributed by atoms with Crippen LogP contribution in [0.4, 0.5) is 0 Å². The molecule has 2 rings (SSSR count). The number of benzene rings is 1. The fourth-order valence-corrected chi connectivity index (χ4v) is 2.19. The number of ether oxygens (including phenoxy) is 1. The van der Waals surface area contributed by atoms with Gasteiger partial charge in [0.2, 0.25) is 0 Å². The molecule has 2 nitrogen and oxygen atoms in total. The van der Waals surface area contributed by atoms with Crippen LogP contribution in [0, 0.1) is 13.8 Å². The quantitative estimate of drug-likeness (QED) is 0.830. The average molecular weight is 220 g/mol. The van der Waals surface area contributed by atoms with Crippen LogP contribution >= 0.6 is 0 Å². The first-order valence-corrected chi connectivity index (χ1v) is 6.08.